The van der Waals surface area contributed by atoms with E-state index < -0.39 is 10.8 Å². The fraction of sp³-hybridized carbons (Fsp3) is 0.200. The maximum Gasteiger partial charge on any atom is 0.291 e. The first-order chi connectivity index (χ1) is 13.8. The summed E-state index contributed by atoms with van der Waals surface area (Å²) < 4.78 is 5.07. The number of carbonyl (C=O) groups excluding carboxylic acids is 2. The third kappa shape index (κ3) is 4.35. The standard InChI is InChI=1S/C20H19N3O5S/c1-12-10-17(21-19(24)16-8-5-9-28-16)29-18(12)20(25)22(3)13(2)14-6-4-7-15(11-14)23(26)27/h4-11,13H,1-3H3,(H,21,24)/t13-/m1/s1. The van der Waals surface area contributed by atoms with E-state index in [1.807, 2.05) is 0 Å². The molecule has 0 saturated carbocycles. The summed E-state index contributed by atoms with van der Waals surface area (Å²) in [6.45, 7) is 3.59. The van der Waals surface area contributed by atoms with Crippen molar-refractivity contribution in [3.8, 4) is 0 Å². The largest absolute Gasteiger partial charge is 0.459 e. The second kappa shape index (κ2) is 8.27. The van der Waals surface area contributed by atoms with Gasteiger partial charge in [-0.1, -0.05) is 12.1 Å². The van der Waals surface area contributed by atoms with Crippen LogP contribution in [0.5, 0.6) is 0 Å². The number of nitro benzene ring substituents is 1. The van der Waals surface area contributed by atoms with Crippen molar-refractivity contribution in [2.24, 2.45) is 0 Å². The molecule has 0 aliphatic carbocycles. The number of carbonyl (C=O) groups is 2. The van der Waals surface area contributed by atoms with Gasteiger partial charge in [0, 0.05) is 19.2 Å². The minimum Gasteiger partial charge on any atom is -0.459 e. The Kier molecular flexibility index (Phi) is 5.79. The molecule has 3 aromatic rings. The van der Waals surface area contributed by atoms with Crippen LogP contribution in [0.25, 0.3) is 0 Å². The lowest BCUT2D eigenvalue weighted by atomic mass is 10.1. The van der Waals surface area contributed by atoms with Crippen molar-refractivity contribution in [3.05, 3.63) is 80.6 Å². The molecule has 0 spiro atoms. The normalized spacial score (nSPS) is 11.7. The Morgan fingerprint density at radius 3 is 2.66 bits per heavy atom. The van der Waals surface area contributed by atoms with Crippen LogP contribution in [0.4, 0.5) is 10.7 Å². The molecule has 0 unspecified atom stereocenters. The van der Waals surface area contributed by atoms with E-state index in [4.69, 9.17) is 4.42 Å². The SMILES string of the molecule is Cc1cc(NC(=O)c2ccco2)sc1C(=O)N(C)[C@H](C)c1cccc([N+](=O)[O-])c1. The van der Waals surface area contributed by atoms with E-state index in [1.54, 1.807) is 51.2 Å². The number of furan rings is 1. The Hall–Kier alpha value is -3.46. The van der Waals surface area contributed by atoms with E-state index in [9.17, 15) is 19.7 Å². The number of aryl methyl sites for hydroxylation is 1. The Morgan fingerprint density at radius 1 is 1.24 bits per heavy atom. The van der Waals surface area contributed by atoms with Crippen molar-refractivity contribution in [3.63, 3.8) is 0 Å². The summed E-state index contributed by atoms with van der Waals surface area (Å²) in [5.41, 5.74) is 1.37. The number of non-ortho nitro benzene ring substituents is 1. The maximum atomic E-state index is 13.0. The van der Waals surface area contributed by atoms with Crippen LogP contribution in [0.2, 0.25) is 0 Å². The first kappa shape index (κ1) is 20.3. The molecule has 8 nitrogen and oxygen atoms in total. The fourth-order valence-electron chi connectivity index (χ4n) is 2.80. The molecule has 0 aliphatic heterocycles. The van der Waals surface area contributed by atoms with Gasteiger partial charge < -0.3 is 14.6 Å². The summed E-state index contributed by atoms with van der Waals surface area (Å²) in [6, 6.07) is 10.7. The predicted molar refractivity (Wildman–Crippen MR) is 109 cm³/mol. The van der Waals surface area contributed by atoms with Gasteiger partial charge in [-0.05, 0) is 43.2 Å². The Morgan fingerprint density at radius 2 is 2.00 bits per heavy atom. The molecule has 150 valence electrons. The van der Waals surface area contributed by atoms with Crippen LogP contribution >= 0.6 is 11.3 Å². The van der Waals surface area contributed by atoms with Crippen LogP contribution in [0.1, 0.15) is 44.3 Å². The Labute approximate surface area is 170 Å². The molecule has 2 amide bonds. The molecular formula is C20H19N3O5S. The number of thiophene rings is 1. The number of benzene rings is 1. The molecule has 1 aromatic carbocycles. The molecule has 0 bridgehead atoms. The van der Waals surface area contributed by atoms with Crippen molar-refractivity contribution in [2.75, 3.05) is 12.4 Å². The molecular weight excluding hydrogens is 394 g/mol. The van der Waals surface area contributed by atoms with Crippen LogP contribution in [-0.2, 0) is 0 Å². The number of anilines is 1. The van der Waals surface area contributed by atoms with E-state index in [2.05, 4.69) is 5.32 Å². The van der Waals surface area contributed by atoms with E-state index >= 15 is 0 Å². The molecule has 0 saturated heterocycles. The molecule has 2 aromatic heterocycles. The average Bonchev–Trinajstić information content (AvgIpc) is 3.36. The molecule has 29 heavy (non-hydrogen) atoms. The Bertz CT molecular complexity index is 1060. The van der Waals surface area contributed by atoms with Crippen LogP contribution < -0.4 is 5.32 Å². The smallest absolute Gasteiger partial charge is 0.291 e. The van der Waals surface area contributed by atoms with Crippen molar-refractivity contribution in [1.29, 1.82) is 0 Å². The van der Waals surface area contributed by atoms with Crippen LogP contribution in [-0.4, -0.2) is 28.7 Å². The van der Waals surface area contributed by atoms with Gasteiger partial charge in [-0.2, -0.15) is 0 Å². The van der Waals surface area contributed by atoms with Gasteiger partial charge in [-0.15, -0.1) is 11.3 Å². The van der Waals surface area contributed by atoms with E-state index in [-0.39, 0.29) is 23.4 Å². The van der Waals surface area contributed by atoms with Crippen molar-refractivity contribution >= 4 is 33.8 Å². The number of hydrogen-bond acceptors (Lipinski definition) is 6. The highest BCUT2D eigenvalue weighted by Gasteiger charge is 2.24. The summed E-state index contributed by atoms with van der Waals surface area (Å²) in [5, 5.41) is 14.3. The highest BCUT2D eigenvalue weighted by molar-refractivity contribution is 7.18. The summed E-state index contributed by atoms with van der Waals surface area (Å²) in [4.78, 5) is 37.7. The summed E-state index contributed by atoms with van der Waals surface area (Å²) in [7, 11) is 1.64. The van der Waals surface area contributed by atoms with E-state index in [0.29, 0.717) is 15.4 Å². The number of nitrogens with one attached hydrogen (secondary N) is 1. The van der Waals surface area contributed by atoms with Crippen molar-refractivity contribution in [1.82, 2.24) is 4.90 Å². The van der Waals surface area contributed by atoms with Gasteiger partial charge in [0.1, 0.15) is 0 Å². The quantitative estimate of drug-likeness (QED) is 0.468. The zero-order chi connectivity index (χ0) is 21.1. The van der Waals surface area contributed by atoms with Crippen LogP contribution in [0, 0.1) is 17.0 Å². The Balaban J connectivity index is 1.77. The molecule has 0 fully saturated rings. The average molecular weight is 413 g/mol. The molecule has 1 atom stereocenters. The minimum absolute atomic E-state index is 0.0228. The maximum absolute atomic E-state index is 13.0. The zero-order valence-corrected chi connectivity index (χ0v) is 16.9. The molecule has 9 heteroatoms. The van der Waals surface area contributed by atoms with Gasteiger partial charge >= 0.3 is 0 Å². The number of rotatable bonds is 6. The number of nitrogens with zero attached hydrogens (tertiary/aromatic N) is 2. The fourth-order valence-corrected chi connectivity index (χ4v) is 3.85. The van der Waals surface area contributed by atoms with Gasteiger partial charge in [0.2, 0.25) is 0 Å². The lowest BCUT2D eigenvalue weighted by Gasteiger charge is -2.25. The van der Waals surface area contributed by atoms with Crippen molar-refractivity contribution in [2.45, 2.75) is 19.9 Å². The van der Waals surface area contributed by atoms with Crippen LogP contribution in [0.15, 0.2) is 53.1 Å². The van der Waals surface area contributed by atoms with Gasteiger partial charge in [-0.25, -0.2) is 0 Å². The summed E-state index contributed by atoms with van der Waals surface area (Å²) in [6.07, 6.45) is 1.41. The van der Waals surface area contributed by atoms with Gasteiger partial charge in [0.05, 0.1) is 27.1 Å². The third-order valence-electron chi connectivity index (χ3n) is 4.56. The first-order valence-electron chi connectivity index (χ1n) is 8.74. The molecule has 3 rings (SSSR count). The summed E-state index contributed by atoms with van der Waals surface area (Å²) in [5.74, 6) is -0.445. The molecule has 1 N–H and O–H groups in total. The van der Waals surface area contributed by atoms with Crippen molar-refractivity contribution < 1.29 is 18.9 Å². The van der Waals surface area contributed by atoms with E-state index in [1.165, 1.54) is 34.6 Å². The van der Waals surface area contributed by atoms with Gasteiger partial charge in [-0.3, -0.25) is 19.7 Å². The molecule has 0 radical (unpaired) electrons. The lowest BCUT2D eigenvalue weighted by Crippen LogP contribution is -2.29. The number of hydrogen-bond donors (Lipinski definition) is 1. The molecule has 2 heterocycles. The van der Waals surface area contributed by atoms with E-state index in [0.717, 1.165) is 5.56 Å². The highest BCUT2D eigenvalue weighted by atomic mass is 32.1. The molecule has 0 aliphatic rings. The second-order valence-corrected chi connectivity index (χ2v) is 7.55. The predicted octanol–water partition coefficient (Wildman–Crippen LogP) is 4.64. The zero-order valence-electron chi connectivity index (χ0n) is 16.0. The second-order valence-electron chi connectivity index (χ2n) is 6.50. The first-order valence-corrected chi connectivity index (χ1v) is 9.56. The number of amides is 2. The van der Waals surface area contributed by atoms with Crippen LogP contribution in [0.3, 0.4) is 0 Å². The highest BCUT2D eigenvalue weighted by Crippen LogP contribution is 2.31. The topological polar surface area (TPSA) is 106 Å². The lowest BCUT2D eigenvalue weighted by molar-refractivity contribution is -0.384. The van der Waals surface area contributed by atoms with Gasteiger partial charge in [0.15, 0.2) is 5.76 Å². The summed E-state index contributed by atoms with van der Waals surface area (Å²) >= 11 is 1.17. The monoisotopic (exact) mass is 413 g/mol. The minimum atomic E-state index is -0.463. The number of nitro groups is 1. The van der Waals surface area contributed by atoms with Gasteiger partial charge in [0.25, 0.3) is 17.5 Å². The third-order valence-corrected chi connectivity index (χ3v) is 5.70.